The number of pyridine rings is 1. The monoisotopic (exact) mass is 915 g/mol. The summed E-state index contributed by atoms with van der Waals surface area (Å²) in [4.78, 5) is 9.16. The van der Waals surface area contributed by atoms with Crippen molar-refractivity contribution in [2.75, 3.05) is 9.80 Å². The number of para-hydroxylation sites is 3. The van der Waals surface area contributed by atoms with Gasteiger partial charge >= 0.3 is 0 Å². The third kappa shape index (κ3) is 7.22. The van der Waals surface area contributed by atoms with E-state index in [0.29, 0.717) is 17.1 Å². The Morgan fingerprint density at radius 3 is 2.00 bits per heavy atom. The predicted octanol–water partition coefficient (Wildman–Crippen LogP) is 12.7. The average molecular weight is 916 g/mol. The molecule has 1 aliphatic rings. The minimum absolute atomic E-state index is 0. The van der Waals surface area contributed by atoms with E-state index in [1.54, 1.807) is 0 Å². The van der Waals surface area contributed by atoms with Crippen LogP contribution in [0.5, 0.6) is 11.5 Å². The quantitative estimate of drug-likeness (QED) is 0.161. The summed E-state index contributed by atoms with van der Waals surface area (Å²) in [6, 6.07) is 45.1. The number of hydrogen-bond donors (Lipinski definition) is 0. The fourth-order valence-electron chi connectivity index (χ4n) is 7.20. The number of fused-ring (bicyclic) bond motifs is 4. The van der Waals surface area contributed by atoms with Crippen LogP contribution in [0.1, 0.15) is 84.6 Å². The second-order valence-electron chi connectivity index (χ2n) is 17.5. The van der Waals surface area contributed by atoms with Crippen LogP contribution in [0.15, 0.2) is 109 Å². The summed E-state index contributed by atoms with van der Waals surface area (Å²) >= 11 is 0. The number of ether oxygens (including phenoxy) is 1. The molecule has 0 spiro atoms. The van der Waals surface area contributed by atoms with E-state index in [4.69, 9.17) is 9.72 Å². The predicted molar refractivity (Wildman–Crippen MR) is 225 cm³/mol. The largest absolute Gasteiger partial charge is 0.509 e. The van der Waals surface area contributed by atoms with Gasteiger partial charge in [0.1, 0.15) is 5.82 Å². The first-order valence-electron chi connectivity index (χ1n) is 18.8. The van der Waals surface area contributed by atoms with Crippen molar-refractivity contribution in [2.45, 2.75) is 78.6 Å². The maximum absolute atomic E-state index is 9.97. The van der Waals surface area contributed by atoms with Crippen LogP contribution in [0.4, 0.5) is 22.7 Å². The molecule has 1 aliphatic heterocycles. The molecule has 2 aromatic heterocycles. The number of rotatable bonds is 5. The number of benzene rings is 5. The molecule has 0 radical (unpaired) electrons. The molecule has 0 N–H and O–H groups in total. The Morgan fingerprint density at radius 2 is 1.30 bits per heavy atom. The molecular formula is C49H46N5OPt-3. The zero-order valence-electron chi connectivity index (χ0n) is 33.4. The summed E-state index contributed by atoms with van der Waals surface area (Å²) in [6.45, 7) is 21.9. The van der Waals surface area contributed by atoms with Gasteiger partial charge in [0.05, 0.1) is 11.6 Å². The molecule has 0 saturated heterocycles. The van der Waals surface area contributed by atoms with Crippen molar-refractivity contribution >= 4 is 44.6 Å². The van der Waals surface area contributed by atoms with Crippen LogP contribution in [-0.2, 0) is 37.3 Å². The Morgan fingerprint density at radius 1 is 0.643 bits per heavy atom. The second kappa shape index (κ2) is 14.3. The van der Waals surface area contributed by atoms with E-state index in [-0.39, 0.29) is 37.3 Å². The molecule has 6 nitrogen and oxygen atoms in total. The van der Waals surface area contributed by atoms with Gasteiger partial charge in [-0.3, -0.25) is 0 Å². The molecule has 8 rings (SSSR count). The van der Waals surface area contributed by atoms with Crippen LogP contribution in [0.25, 0.3) is 27.6 Å². The van der Waals surface area contributed by atoms with Gasteiger partial charge in [0, 0.05) is 61.3 Å². The molecule has 5 aromatic carbocycles. The first-order valence-corrected chi connectivity index (χ1v) is 18.8. The number of aromatic nitrogens is 2. The van der Waals surface area contributed by atoms with E-state index >= 15 is 0 Å². The number of hydrogen-bond acceptors (Lipinski definition) is 5. The van der Waals surface area contributed by atoms with E-state index < -0.39 is 0 Å². The van der Waals surface area contributed by atoms with E-state index in [9.17, 15) is 5.26 Å². The van der Waals surface area contributed by atoms with Crippen molar-refractivity contribution in [1.82, 2.24) is 9.55 Å². The molecule has 0 bridgehead atoms. The zero-order valence-corrected chi connectivity index (χ0v) is 35.7. The fourth-order valence-corrected chi connectivity index (χ4v) is 7.20. The summed E-state index contributed by atoms with van der Waals surface area (Å²) in [6.07, 6.45) is 1.89. The van der Waals surface area contributed by atoms with Gasteiger partial charge in [-0.05, 0) is 81.3 Å². The second-order valence-corrected chi connectivity index (χ2v) is 17.5. The molecule has 0 aliphatic carbocycles. The Labute approximate surface area is 345 Å². The Hall–Kier alpha value is -5.37. The summed E-state index contributed by atoms with van der Waals surface area (Å²) in [5, 5.41) is 12.2. The summed E-state index contributed by atoms with van der Waals surface area (Å²) < 4.78 is 8.92. The normalized spacial score (nSPS) is 13.1. The van der Waals surface area contributed by atoms with Crippen molar-refractivity contribution in [1.29, 1.82) is 5.26 Å². The summed E-state index contributed by atoms with van der Waals surface area (Å²) in [7, 11) is 0. The van der Waals surface area contributed by atoms with Crippen LogP contribution < -0.4 is 14.5 Å². The fraction of sp³-hybridized carbons (Fsp3) is 0.245. The Balaban J connectivity index is 0.00000480. The van der Waals surface area contributed by atoms with Gasteiger partial charge in [-0.25, -0.2) is 4.98 Å². The molecular weight excluding hydrogens is 870 g/mol. The van der Waals surface area contributed by atoms with Crippen LogP contribution >= 0.6 is 0 Å². The molecule has 0 saturated carbocycles. The number of nitriles is 1. The molecule has 0 unspecified atom stereocenters. The van der Waals surface area contributed by atoms with Crippen molar-refractivity contribution in [3.63, 3.8) is 0 Å². The van der Waals surface area contributed by atoms with Crippen LogP contribution in [0.2, 0.25) is 0 Å². The van der Waals surface area contributed by atoms with Gasteiger partial charge in [0.25, 0.3) is 0 Å². The number of anilines is 4. The Kier molecular flexibility index (Phi) is 9.92. The van der Waals surface area contributed by atoms with Gasteiger partial charge in [-0.2, -0.15) is 11.3 Å². The minimum atomic E-state index is -0.173. The van der Waals surface area contributed by atoms with E-state index in [2.05, 4.69) is 180 Å². The molecule has 7 aromatic rings. The summed E-state index contributed by atoms with van der Waals surface area (Å²) in [5.74, 6) is 2.03. The maximum atomic E-state index is 9.97. The molecule has 3 heterocycles. The molecule has 286 valence electrons. The SMILES string of the molecule is CC(C)(C)c1cc(Oc2[c-]c3c(cc2)c2ccccc2n3-c2cc(C(C)(C)C)ccn2)[c-]c(N2[CH-]N(c3cc(C#N)cc(C(C)(C)C)c3)c3ccccc32)c1.[Pt]. The van der Waals surface area contributed by atoms with Crippen LogP contribution in [0, 0.1) is 30.1 Å². The van der Waals surface area contributed by atoms with Crippen LogP contribution in [-0.4, -0.2) is 9.55 Å². The van der Waals surface area contributed by atoms with Gasteiger partial charge in [-0.15, -0.1) is 53.6 Å². The molecule has 0 amide bonds. The smallest absolute Gasteiger partial charge is 0.135 e. The van der Waals surface area contributed by atoms with Crippen molar-refractivity contribution in [3.05, 3.63) is 150 Å². The Bertz CT molecular complexity index is 2650. The third-order valence-corrected chi connectivity index (χ3v) is 10.4. The minimum Gasteiger partial charge on any atom is -0.509 e. The third-order valence-electron chi connectivity index (χ3n) is 10.4. The maximum Gasteiger partial charge on any atom is 0.135 e. The van der Waals surface area contributed by atoms with Gasteiger partial charge < -0.3 is 19.1 Å². The first kappa shape index (κ1) is 38.9. The zero-order chi connectivity index (χ0) is 38.9. The number of nitrogens with zero attached hydrogens (tertiary/aromatic N) is 5. The van der Waals surface area contributed by atoms with Crippen molar-refractivity contribution in [3.8, 4) is 23.4 Å². The average Bonchev–Trinajstić information content (AvgIpc) is 3.70. The molecule has 7 heteroatoms. The van der Waals surface area contributed by atoms with E-state index in [0.717, 1.165) is 61.5 Å². The first-order chi connectivity index (χ1) is 26.1. The molecule has 0 fully saturated rings. The van der Waals surface area contributed by atoms with Crippen LogP contribution in [0.3, 0.4) is 0 Å². The summed E-state index contributed by atoms with van der Waals surface area (Å²) in [5.41, 5.74) is 9.52. The van der Waals surface area contributed by atoms with Crippen molar-refractivity contribution in [2.24, 2.45) is 0 Å². The van der Waals surface area contributed by atoms with Crippen molar-refractivity contribution < 1.29 is 25.8 Å². The van der Waals surface area contributed by atoms with Gasteiger partial charge in [-0.1, -0.05) is 98.2 Å². The van der Waals surface area contributed by atoms with E-state index in [1.165, 1.54) is 5.56 Å². The molecule has 56 heavy (non-hydrogen) atoms. The van der Waals surface area contributed by atoms with Gasteiger partial charge in [0.2, 0.25) is 0 Å². The standard InChI is InChI=1S/C49H46N5O.Pt/c1-47(2,3)33-20-21-51-46(27-33)54-42-15-11-10-14-40(42)41-19-18-38(29-45(41)54)55-39-26-35(49(7,8)9)25-37(28-39)53-31-52(43-16-12-13-17-44(43)53)36-23-32(30-50)22-34(24-36)48(4,5)6;/h10-27,31H,1-9H3;/q-3;. The molecule has 0 atom stereocenters. The van der Waals surface area contributed by atoms with E-state index in [1.807, 2.05) is 30.5 Å². The topological polar surface area (TPSA) is 57.3 Å². The van der Waals surface area contributed by atoms with Gasteiger partial charge in [0.15, 0.2) is 0 Å².